The van der Waals surface area contributed by atoms with Gasteiger partial charge >= 0.3 is 0 Å². The Balaban J connectivity index is 2.46. The summed E-state index contributed by atoms with van der Waals surface area (Å²) in [4.78, 5) is 7.56. The minimum atomic E-state index is -2.24. The van der Waals surface area contributed by atoms with Crippen LogP contribution >= 0.6 is 15.9 Å². The molecule has 0 saturated heterocycles. The third-order valence-corrected chi connectivity index (χ3v) is 1.50. The molecule has 0 aromatic carbocycles. The van der Waals surface area contributed by atoms with Gasteiger partial charge in [-0.1, -0.05) is 0 Å². The topological polar surface area (TPSA) is 25.8 Å². The van der Waals surface area contributed by atoms with Gasteiger partial charge in [0.2, 0.25) is 0 Å². The Hall–Kier alpha value is -0.440. The molecule has 1 saturated carbocycles. The van der Waals surface area contributed by atoms with Crippen molar-refractivity contribution in [1.29, 1.82) is 0 Å². The molecule has 1 aliphatic rings. The Kier molecular flexibility index (Phi) is 0.668. The van der Waals surface area contributed by atoms with Crippen LogP contribution in [0.15, 0.2) is 16.9 Å². The number of halogens is 1. The third kappa shape index (κ3) is 1.19. The van der Waals surface area contributed by atoms with Crippen molar-refractivity contribution < 1.29 is 6.85 Å². The largest absolute Gasteiger partial charge is 0.240 e. The van der Waals surface area contributed by atoms with Crippen LogP contribution in [0.5, 0.6) is 0 Å². The summed E-state index contributed by atoms with van der Waals surface area (Å²) in [5, 5.41) is 0. The maximum Gasteiger partial charge on any atom is 0.131 e. The van der Waals surface area contributed by atoms with Crippen LogP contribution in [0.25, 0.3) is 0 Å². The predicted octanol–water partition coefficient (Wildman–Crippen LogP) is 2.12. The van der Waals surface area contributed by atoms with E-state index in [1.807, 2.05) is 0 Å². The first-order valence-corrected chi connectivity index (χ1v) is 3.52. The summed E-state index contributed by atoms with van der Waals surface area (Å²) in [6.45, 7) is 0. The van der Waals surface area contributed by atoms with Gasteiger partial charge in [-0.3, -0.25) is 0 Å². The molecule has 1 aliphatic carbocycles. The molecule has 2 nitrogen and oxygen atoms in total. The minimum Gasteiger partial charge on any atom is -0.240 e. The van der Waals surface area contributed by atoms with Gasteiger partial charge in [-0.25, -0.2) is 9.97 Å². The van der Waals surface area contributed by atoms with Crippen LogP contribution in [-0.2, 0) is 0 Å². The summed E-state index contributed by atoms with van der Waals surface area (Å²) >= 11 is 3.12. The van der Waals surface area contributed by atoms with Crippen molar-refractivity contribution in [3.05, 3.63) is 22.7 Å². The lowest BCUT2D eigenvalue weighted by Gasteiger charge is -1.93. The quantitative estimate of drug-likeness (QED) is 0.700. The van der Waals surface area contributed by atoms with Crippen molar-refractivity contribution >= 4 is 15.9 Å². The van der Waals surface area contributed by atoms with Crippen molar-refractivity contribution in [2.45, 2.75) is 18.6 Å². The summed E-state index contributed by atoms with van der Waals surface area (Å²) in [5.74, 6) is -2.12. The summed E-state index contributed by atoms with van der Waals surface area (Å²) in [6.07, 6.45) is -1.73. The second-order valence-electron chi connectivity index (χ2n) is 1.85. The zero-order chi connectivity index (χ0) is 11.5. The lowest BCUT2D eigenvalue weighted by atomic mass is 10.4. The van der Waals surface area contributed by atoms with Gasteiger partial charge < -0.3 is 0 Å². The van der Waals surface area contributed by atoms with E-state index in [9.17, 15) is 0 Å². The van der Waals surface area contributed by atoms with E-state index in [1.54, 1.807) is 0 Å². The number of hydrogen-bond acceptors (Lipinski definition) is 2. The first-order chi connectivity index (χ1) is 6.75. The fraction of sp³-hybridized carbons (Fsp3) is 0.429. The molecule has 0 amide bonds. The fourth-order valence-corrected chi connectivity index (χ4v) is 0.789. The number of nitrogens with zero attached hydrogens (tertiary/aromatic N) is 2. The first kappa shape index (κ1) is 2.89. The van der Waals surface area contributed by atoms with Gasteiger partial charge in [-0.05, 0) is 28.7 Å². The molecule has 0 aliphatic heterocycles. The maximum atomic E-state index is 7.77. The molecular weight excluding hydrogens is 192 g/mol. The van der Waals surface area contributed by atoms with E-state index < -0.39 is 18.6 Å². The van der Waals surface area contributed by atoms with Gasteiger partial charge in [-0.15, -0.1) is 0 Å². The van der Waals surface area contributed by atoms with Crippen molar-refractivity contribution in [2.24, 2.45) is 0 Å². The lowest BCUT2D eigenvalue weighted by molar-refractivity contribution is 0.921. The molecule has 3 heteroatoms. The second kappa shape index (κ2) is 2.31. The average molecular weight is 204 g/mol. The molecule has 0 atom stereocenters. The molecule has 1 fully saturated rings. The van der Waals surface area contributed by atoms with Gasteiger partial charge in [0.1, 0.15) is 5.82 Å². The Morgan fingerprint density at radius 3 is 2.70 bits per heavy atom. The van der Waals surface area contributed by atoms with E-state index in [-0.39, 0.29) is 5.82 Å². The highest BCUT2D eigenvalue weighted by Gasteiger charge is 2.25. The Labute approximate surface area is 74.9 Å². The summed E-state index contributed by atoms with van der Waals surface area (Å²) < 4.78 is 38.0. The summed E-state index contributed by atoms with van der Waals surface area (Å²) in [5.41, 5.74) is 0. The number of hydrogen-bond donors (Lipinski definition) is 0. The molecule has 1 aromatic heterocycles. The third-order valence-electron chi connectivity index (χ3n) is 1.09. The van der Waals surface area contributed by atoms with Crippen LogP contribution in [0, 0.1) is 0 Å². The van der Waals surface area contributed by atoms with E-state index in [2.05, 4.69) is 25.9 Å². The van der Waals surface area contributed by atoms with Gasteiger partial charge in [-0.2, -0.15) is 0 Å². The van der Waals surface area contributed by atoms with Crippen LogP contribution in [0.1, 0.15) is 31.3 Å². The molecular formula is C7H7BrN2. The van der Waals surface area contributed by atoms with Crippen LogP contribution in [0.2, 0.25) is 0 Å². The normalized spacial score (nSPS) is 37.9. The van der Waals surface area contributed by atoms with Gasteiger partial charge in [0.15, 0.2) is 0 Å². The highest BCUT2D eigenvalue weighted by molar-refractivity contribution is 9.10. The van der Waals surface area contributed by atoms with Crippen molar-refractivity contribution in [3.63, 3.8) is 0 Å². The molecule has 0 bridgehead atoms. The van der Waals surface area contributed by atoms with Crippen molar-refractivity contribution in [3.8, 4) is 0 Å². The molecule has 0 unspecified atom stereocenters. The molecule has 0 N–H and O–H groups in total. The van der Waals surface area contributed by atoms with Crippen molar-refractivity contribution in [2.75, 3.05) is 0 Å². The van der Waals surface area contributed by atoms with Gasteiger partial charge in [0, 0.05) is 25.1 Å². The zero-order valence-corrected chi connectivity index (χ0v) is 6.51. The fourth-order valence-electron chi connectivity index (χ4n) is 0.584. The SMILES string of the molecule is [2H]C1([2H])C([2H])([2H])C1([2H])c1ncc(Br)cn1. The second-order valence-corrected chi connectivity index (χ2v) is 2.77. The Bertz CT molecular complexity index is 390. The summed E-state index contributed by atoms with van der Waals surface area (Å²) in [6, 6.07) is 0. The standard InChI is InChI=1S/C7H7BrN2/c8-6-3-9-7(10-4-6)5-1-2-5/h3-5H,1-2H2/i1D2,2D2,5D. The van der Waals surface area contributed by atoms with Crippen LogP contribution in [-0.4, -0.2) is 9.97 Å². The molecule has 1 heterocycles. The van der Waals surface area contributed by atoms with E-state index in [0.717, 1.165) is 0 Å². The smallest absolute Gasteiger partial charge is 0.131 e. The van der Waals surface area contributed by atoms with E-state index in [1.165, 1.54) is 12.4 Å². The Morgan fingerprint density at radius 1 is 1.60 bits per heavy atom. The molecule has 0 spiro atoms. The molecule has 10 heavy (non-hydrogen) atoms. The molecule has 52 valence electrons. The monoisotopic (exact) mass is 203 g/mol. The highest BCUT2D eigenvalue weighted by atomic mass is 79.9. The number of rotatable bonds is 1. The van der Waals surface area contributed by atoms with Crippen LogP contribution in [0.4, 0.5) is 0 Å². The summed E-state index contributed by atoms with van der Waals surface area (Å²) in [7, 11) is 0. The maximum absolute atomic E-state index is 7.77. The number of aromatic nitrogens is 2. The van der Waals surface area contributed by atoms with Gasteiger partial charge in [0.25, 0.3) is 0 Å². The van der Waals surface area contributed by atoms with Crippen LogP contribution in [0.3, 0.4) is 0 Å². The van der Waals surface area contributed by atoms with E-state index >= 15 is 0 Å². The van der Waals surface area contributed by atoms with E-state index in [4.69, 9.17) is 6.85 Å². The average Bonchev–Trinajstić information content (AvgIpc) is 2.46. The molecule has 0 radical (unpaired) electrons. The van der Waals surface area contributed by atoms with Gasteiger partial charge in [0.05, 0.1) is 4.47 Å². The van der Waals surface area contributed by atoms with E-state index in [0.29, 0.717) is 4.47 Å². The first-order valence-electron chi connectivity index (χ1n) is 5.23. The lowest BCUT2D eigenvalue weighted by Crippen LogP contribution is -1.89. The predicted molar refractivity (Wildman–Crippen MR) is 41.7 cm³/mol. The highest BCUT2D eigenvalue weighted by Crippen LogP contribution is 2.37. The van der Waals surface area contributed by atoms with Crippen molar-refractivity contribution in [1.82, 2.24) is 9.97 Å². The molecule has 1 aromatic rings. The Morgan fingerprint density at radius 2 is 2.20 bits per heavy atom. The van der Waals surface area contributed by atoms with Crippen LogP contribution < -0.4 is 0 Å². The zero-order valence-electron chi connectivity index (χ0n) is 9.93. The molecule has 2 rings (SSSR count). The minimum absolute atomic E-state index is 0.124.